The van der Waals surface area contributed by atoms with Crippen molar-refractivity contribution in [1.82, 2.24) is 5.32 Å². The smallest absolute Gasteiger partial charge is 0.341 e. The summed E-state index contributed by atoms with van der Waals surface area (Å²) in [6, 6.07) is 8.39. The van der Waals surface area contributed by atoms with E-state index in [0.29, 0.717) is 23.5 Å². The summed E-state index contributed by atoms with van der Waals surface area (Å²) in [6.07, 6.45) is 2.16. The molecule has 0 aliphatic carbocycles. The predicted molar refractivity (Wildman–Crippen MR) is 83.5 cm³/mol. The van der Waals surface area contributed by atoms with Crippen LogP contribution in [0.4, 0.5) is 0 Å². The van der Waals surface area contributed by atoms with Gasteiger partial charge in [-0.05, 0) is 30.7 Å². The number of carboxylic acids is 1. The second-order valence-electron chi connectivity index (χ2n) is 5.06. The number of benzene rings is 1. The summed E-state index contributed by atoms with van der Waals surface area (Å²) in [7, 11) is 0. The Labute approximate surface area is 134 Å². The zero-order valence-electron chi connectivity index (χ0n) is 13.0. The third-order valence-electron chi connectivity index (χ3n) is 3.40. The van der Waals surface area contributed by atoms with Crippen molar-refractivity contribution >= 4 is 11.9 Å². The molecule has 0 saturated carbocycles. The highest BCUT2D eigenvalue weighted by atomic mass is 16.5. The van der Waals surface area contributed by atoms with E-state index in [1.165, 1.54) is 6.26 Å². The average Bonchev–Trinajstić information content (AvgIpc) is 3.02. The van der Waals surface area contributed by atoms with Gasteiger partial charge in [-0.3, -0.25) is 4.79 Å². The summed E-state index contributed by atoms with van der Waals surface area (Å²) in [5, 5.41) is 11.5. The highest BCUT2D eigenvalue weighted by Gasteiger charge is 2.16. The molecule has 122 valence electrons. The maximum Gasteiger partial charge on any atom is 0.341 e. The summed E-state index contributed by atoms with van der Waals surface area (Å²) in [5.74, 6) is -0.0826. The van der Waals surface area contributed by atoms with Crippen LogP contribution in [0, 0.1) is 0 Å². The molecule has 1 unspecified atom stereocenters. The first-order valence-corrected chi connectivity index (χ1v) is 7.33. The van der Waals surface area contributed by atoms with Crippen molar-refractivity contribution in [2.75, 3.05) is 6.61 Å². The van der Waals surface area contributed by atoms with Crippen molar-refractivity contribution in [1.29, 1.82) is 0 Å². The Morgan fingerprint density at radius 1 is 1.26 bits per heavy atom. The Kier molecular flexibility index (Phi) is 5.41. The standard InChI is InChI=1S/C17H19NO5/c1-3-15-14(8-9-22-15)17(21)18-11(2)12-4-6-13(7-5-12)23-10-16(19)20/h4-9,11H,3,10H2,1-2H3,(H,18,21)(H,19,20). The number of rotatable bonds is 7. The highest BCUT2D eigenvalue weighted by molar-refractivity contribution is 5.95. The van der Waals surface area contributed by atoms with E-state index in [4.69, 9.17) is 14.3 Å². The van der Waals surface area contributed by atoms with Gasteiger partial charge in [0.2, 0.25) is 0 Å². The molecule has 0 aliphatic rings. The van der Waals surface area contributed by atoms with Crippen LogP contribution >= 0.6 is 0 Å². The third-order valence-corrected chi connectivity index (χ3v) is 3.40. The normalized spacial score (nSPS) is 11.7. The average molecular weight is 317 g/mol. The van der Waals surface area contributed by atoms with Gasteiger partial charge in [0.05, 0.1) is 17.9 Å². The van der Waals surface area contributed by atoms with Crippen LogP contribution in [0.3, 0.4) is 0 Å². The molecule has 0 fully saturated rings. The second kappa shape index (κ2) is 7.49. The number of amides is 1. The van der Waals surface area contributed by atoms with E-state index in [0.717, 1.165) is 5.56 Å². The van der Waals surface area contributed by atoms with E-state index in [2.05, 4.69) is 5.32 Å². The van der Waals surface area contributed by atoms with E-state index in [1.807, 2.05) is 13.8 Å². The van der Waals surface area contributed by atoms with E-state index in [9.17, 15) is 9.59 Å². The second-order valence-corrected chi connectivity index (χ2v) is 5.06. The summed E-state index contributed by atoms with van der Waals surface area (Å²) >= 11 is 0. The largest absolute Gasteiger partial charge is 0.482 e. The van der Waals surface area contributed by atoms with Gasteiger partial charge in [0.15, 0.2) is 6.61 Å². The first kappa shape index (κ1) is 16.6. The SMILES string of the molecule is CCc1occc1C(=O)NC(C)c1ccc(OCC(=O)O)cc1. The lowest BCUT2D eigenvalue weighted by atomic mass is 10.1. The Morgan fingerprint density at radius 2 is 1.96 bits per heavy atom. The number of hydrogen-bond donors (Lipinski definition) is 2. The van der Waals surface area contributed by atoms with Gasteiger partial charge in [-0.25, -0.2) is 4.79 Å². The van der Waals surface area contributed by atoms with E-state index in [-0.39, 0.29) is 18.6 Å². The van der Waals surface area contributed by atoms with Crippen LogP contribution in [0.1, 0.15) is 41.6 Å². The molecule has 1 aromatic heterocycles. The summed E-state index contributed by atoms with van der Waals surface area (Å²) < 4.78 is 10.3. The molecule has 1 aromatic carbocycles. The van der Waals surface area contributed by atoms with Gasteiger partial charge in [-0.1, -0.05) is 19.1 Å². The number of ether oxygens (including phenoxy) is 1. The predicted octanol–water partition coefficient (Wildman–Crippen LogP) is 2.80. The summed E-state index contributed by atoms with van der Waals surface area (Å²) in [5.41, 5.74) is 1.43. The lowest BCUT2D eigenvalue weighted by molar-refractivity contribution is -0.139. The van der Waals surface area contributed by atoms with Crippen LogP contribution in [0.5, 0.6) is 5.75 Å². The van der Waals surface area contributed by atoms with Gasteiger partial charge < -0.3 is 19.6 Å². The van der Waals surface area contributed by atoms with Gasteiger partial charge >= 0.3 is 5.97 Å². The van der Waals surface area contributed by atoms with Crippen molar-refractivity contribution < 1.29 is 23.8 Å². The first-order chi connectivity index (χ1) is 11.0. The molecule has 1 atom stereocenters. The fourth-order valence-electron chi connectivity index (χ4n) is 2.17. The Hall–Kier alpha value is -2.76. The Bertz CT molecular complexity index is 675. The summed E-state index contributed by atoms with van der Waals surface area (Å²) in [6.45, 7) is 3.41. The monoisotopic (exact) mass is 317 g/mol. The zero-order chi connectivity index (χ0) is 16.8. The number of carbonyl (C=O) groups excluding carboxylic acids is 1. The van der Waals surface area contributed by atoms with Gasteiger partial charge in [0, 0.05) is 6.42 Å². The van der Waals surface area contributed by atoms with Crippen molar-refractivity contribution in [2.24, 2.45) is 0 Å². The molecule has 23 heavy (non-hydrogen) atoms. The number of nitrogens with one attached hydrogen (secondary N) is 1. The maximum absolute atomic E-state index is 12.3. The molecule has 0 saturated heterocycles. The molecule has 2 N–H and O–H groups in total. The lowest BCUT2D eigenvalue weighted by Gasteiger charge is -2.15. The highest BCUT2D eigenvalue weighted by Crippen LogP contribution is 2.19. The molecular formula is C17H19NO5. The molecule has 0 aliphatic heterocycles. The molecular weight excluding hydrogens is 298 g/mol. The number of furan rings is 1. The Balaban J connectivity index is 1.99. The number of carbonyl (C=O) groups is 2. The maximum atomic E-state index is 12.3. The number of hydrogen-bond acceptors (Lipinski definition) is 4. The van der Waals surface area contributed by atoms with E-state index < -0.39 is 5.97 Å². The number of aryl methyl sites for hydroxylation is 1. The van der Waals surface area contributed by atoms with Crippen molar-refractivity contribution in [3.63, 3.8) is 0 Å². The molecule has 1 heterocycles. The van der Waals surface area contributed by atoms with Crippen molar-refractivity contribution in [3.05, 3.63) is 53.5 Å². The Morgan fingerprint density at radius 3 is 2.57 bits per heavy atom. The van der Waals surface area contributed by atoms with Crippen LogP contribution in [-0.2, 0) is 11.2 Å². The van der Waals surface area contributed by atoms with Crippen LogP contribution in [0.15, 0.2) is 41.0 Å². The minimum atomic E-state index is -1.03. The first-order valence-electron chi connectivity index (χ1n) is 7.33. The molecule has 0 bridgehead atoms. The van der Waals surface area contributed by atoms with Crippen LogP contribution in [0.2, 0.25) is 0 Å². The van der Waals surface area contributed by atoms with Gasteiger partial charge in [-0.15, -0.1) is 0 Å². The fraction of sp³-hybridized carbons (Fsp3) is 0.294. The van der Waals surface area contributed by atoms with Gasteiger partial charge in [0.25, 0.3) is 5.91 Å². The van der Waals surface area contributed by atoms with E-state index in [1.54, 1.807) is 30.3 Å². The van der Waals surface area contributed by atoms with Crippen LogP contribution < -0.4 is 10.1 Å². The molecule has 1 amide bonds. The molecule has 2 rings (SSSR count). The molecule has 0 spiro atoms. The number of aliphatic carboxylic acids is 1. The van der Waals surface area contributed by atoms with Crippen LogP contribution in [-0.4, -0.2) is 23.6 Å². The minimum Gasteiger partial charge on any atom is -0.482 e. The van der Waals surface area contributed by atoms with Gasteiger partial charge in [-0.2, -0.15) is 0 Å². The van der Waals surface area contributed by atoms with Crippen molar-refractivity contribution in [3.8, 4) is 5.75 Å². The molecule has 6 heteroatoms. The summed E-state index contributed by atoms with van der Waals surface area (Å²) in [4.78, 5) is 22.7. The van der Waals surface area contributed by atoms with Crippen LogP contribution in [0.25, 0.3) is 0 Å². The third kappa shape index (κ3) is 4.35. The number of carboxylic acid groups (broad SMARTS) is 1. The molecule has 2 aromatic rings. The fourth-order valence-corrected chi connectivity index (χ4v) is 2.17. The topological polar surface area (TPSA) is 88.8 Å². The van der Waals surface area contributed by atoms with Gasteiger partial charge in [0.1, 0.15) is 11.5 Å². The quantitative estimate of drug-likeness (QED) is 0.819. The van der Waals surface area contributed by atoms with E-state index >= 15 is 0 Å². The molecule has 0 radical (unpaired) electrons. The van der Waals surface area contributed by atoms with Crippen molar-refractivity contribution in [2.45, 2.75) is 26.3 Å². The molecule has 6 nitrogen and oxygen atoms in total. The minimum absolute atomic E-state index is 0.186. The zero-order valence-corrected chi connectivity index (χ0v) is 13.0. The lowest BCUT2D eigenvalue weighted by Crippen LogP contribution is -2.27.